The molecule has 0 radical (unpaired) electrons. The molecule has 0 saturated heterocycles. The minimum atomic E-state index is -0.202. The topological polar surface area (TPSA) is 64.3 Å². The normalized spacial score (nSPS) is 17.6. The van der Waals surface area contributed by atoms with Crippen molar-refractivity contribution in [2.24, 2.45) is 0 Å². The van der Waals surface area contributed by atoms with Crippen LogP contribution in [0.2, 0.25) is 0 Å². The van der Waals surface area contributed by atoms with Crippen LogP contribution in [-0.4, -0.2) is 10.9 Å². The van der Waals surface area contributed by atoms with Gasteiger partial charge in [-0.3, -0.25) is 4.79 Å². The summed E-state index contributed by atoms with van der Waals surface area (Å²) < 4.78 is 0. The monoisotopic (exact) mass is 304 g/mol. The number of carbonyl (C=O) groups excluding carboxylic acids is 1. The van der Waals surface area contributed by atoms with Gasteiger partial charge in [0, 0.05) is 18.2 Å². The predicted molar refractivity (Wildman–Crippen MR) is 87.9 cm³/mol. The molecule has 23 heavy (non-hydrogen) atoms. The van der Waals surface area contributed by atoms with Crippen molar-refractivity contribution in [2.75, 3.05) is 4.90 Å². The Morgan fingerprint density at radius 1 is 1.17 bits per heavy atom. The Labute approximate surface area is 134 Å². The Bertz CT molecular complexity index is 816. The van der Waals surface area contributed by atoms with E-state index in [1.54, 1.807) is 37.4 Å². The van der Waals surface area contributed by atoms with Gasteiger partial charge in [-0.25, -0.2) is 0 Å². The molecular weight excluding hydrogens is 288 g/mol. The van der Waals surface area contributed by atoms with E-state index in [1.165, 1.54) is 0 Å². The molecule has 3 rings (SSSR count). The van der Waals surface area contributed by atoms with Gasteiger partial charge >= 0.3 is 0 Å². The average molecular weight is 304 g/mol. The van der Waals surface area contributed by atoms with E-state index in [0.29, 0.717) is 23.2 Å². The van der Waals surface area contributed by atoms with Crippen LogP contribution in [0.15, 0.2) is 60.3 Å². The first kappa shape index (κ1) is 14.9. The van der Waals surface area contributed by atoms with E-state index in [9.17, 15) is 9.90 Å². The third-order valence-corrected chi connectivity index (χ3v) is 4.07. The Hall–Kier alpha value is -3.06. The van der Waals surface area contributed by atoms with Gasteiger partial charge in [0.05, 0.1) is 23.4 Å². The van der Waals surface area contributed by atoms with E-state index in [4.69, 9.17) is 5.26 Å². The number of Topliss-reactive ketones (excluding diaryl/α,β-unsaturated/α-hetero) is 1. The number of phenolic OH excluding ortho intramolecular Hbond substituents is 1. The molecule has 0 unspecified atom stereocenters. The minimum absolute atomic E-state index is 0.0889. The van der Waals surface area contributed by atoms with Gasteiger partial charge in [0.25, 0.3) is 0 Å². The SMILES string of the molecule is CC1=CN(c2ccccc2O)[C@H](c2ccc(C#N)cc2)CC1=O. The van der Waals surface area contributed by atoms with Gasteiger partial charge in [0.1, 0.15) is 5.75 Å². The number of ketones is 1. The maximum atomic E-state index is 12.2. The maximum Gasteiger partial charge on any atom is 0.162 e. The Morgan fingerprint density at radius 3 is 2.52 bits per heavy atom. The van der Waals surface area contributed by atoms with Gasteiger partial charge in [-0.1, -0.05) is 24.3 Å². The second-order valence-electron chi connectivity index (χ2n) is 5.59. The highest BCUT2D eigenvalue weighted by Crippen LogP contribution is 2.38. The molecule has 1 aliphatic rings. The molecule has 1 aliphatic heterocycles. The number of phenols is 1. The quantitative estimate of drug-likeness (QED) is 0.919. The smallest absolute Gasteiger partial charge is 0.162 e. The Balaban J connectivity index is 2.07. The lowest BCUT2D eigenvalue weighted by Crippen LogP contribution is -2.31. The number of aromatic hydroxyl groups is 1. The second kappa shape index (κ2) is 5.98. The van der Waals surface area contributed by atoms with Crippen molar-refractivity contribution in [1.82, 2.24) is 0 Å². The molecule has 4 nitrogen and oxygen atoms in total. The van der Waals surface area contributed by atoms with Crippen molar-refractivity contribution < 1.29 is 9.90 Å². The zero-order valence-electron chi connectivity index (χ0n) is 12.7. The summed E-state index contributed by atoms with van der Waals surface area (Å²) in [4.78, 5) is 14.1. The summed E-state index contributed by atoms with van der Waals surface area (Å²) in [7, 11) is 0. The Morgan fingerprint density at radius 2 is 1.87 bits per heavy atom. The zero-order chi connectivity index (χ0) is 16.4. The molecule has 0 spiro atoms. The molecule has 0 amide bonds. The van der Waals surface area contributed by atoms with E-state index in [1.807, 2.05) is 29.2 Å². The van der Waals surface area contributed by atoms with E-state index < -0.39 is 0 Å². The van der Waals surface area contributed by atoms with Gasteiger partial charge in [-0.2, -0.15) is 5.26 Å². The first-order valence-corrected chi connectivity index (χ1v) is 7.38. The third kappa shape index (κ3) is 2.82. The summed E-state index contributed by atoms with van der Waals surface area (Å²) in [6.07, 6.45) is 2.12. The van der Waals surface area contributed by atoms with E-state index >= 15 is 0 Å². The first-order valence-electron chi connectivity index (χ1n) is 7.38. The summed E-state index contributed by atoms with van der Waals surface area (Å²) in [5, 5.41) is 19.1. The van der Waals surface area contributed by atoms with Crippen LogP contribution in [0.3, 0.4) is 0 Å². The van der Waals surface area contributed by atoms with Crippen molar-refractivity contribution >= 4 is 11.5 Å². The number of carbonyl (C=O) groups is 1. The van der Waals surface area contributed by atoms with Gasteiger partial charge in [0.2, 0.25) is 0 Å². The standard InChI is InChI=1S/C19H16N2O2/c1-13-12-21(16-4-2-3-5-18(16)22)17(10-19(13)23)15-8-6-14(11-20)7-9-15/h2-9,12,17,22H,10H2,1H3/t17-/m0/s1. The van der Waals surface area contributed by atoms with Crippen LogP contribution >= 0.6 is 0 Å². The lowest BCUT2D eigenvalue weighted by Gasteiger charge is -2.35. The zero-order valence-corrected chi connectivity index (χ0v) is 12.7. The lowest BCUT2D eigenvalue weighted by atomic mass is 9.93. The molecule has 114 valence electrons. The van der Waals surface area contributed by atoms with E-state index in [2.05, 4.69) is 6.07 Å². The molecule has 0 aliphatic carbocycles. The molecule has 2 aromatic rings. The van der Waals surface area contributed by atoms with Crippen molar-refractivity contribution in [3.63, 3.8) is 0 Å². The minimum Gasteiger partial charge on any atom is -0.506 e. The van der Waals surface area contributed by atoms with E-state index in [-0.39, 0.29) is 17.6 Å². The first-order chi connectivity index (χ1) is 11.1. The number of allylic oxidation sites excluding steroid dienone is 1. The number of nitriles is 1. The number of hydrogen-bond donors (Lipinski definition) is 1. The van der Waals surface area contributed by atoms with Crippen LogP contribution in [0.5, 0.6) is 5.75 Å². The highest BCUT2D eigenvalue weighted by Gasteiger charge is 2.29. The fourth-order valence-electron chi connectivity index (χ4n) is 2.78. The summed E-state index contributed by atoms with van der Waals surface area (Å²) >= 11 is 0. The molecule has 0 fully saturated rings. The van der Waals surface area contributed by atoms with Crippen molar-refractivity contribution in [1.29, 1.82) is 5.26 Å². The summed E-state index contributed by atoms with van der Waals surface area (Å²) in [5.41, 5.74) is 2.84. The van der Waals surface area contributed by atoms with Crippen molar-refractivity contribution in [3.05, 3.63) is 71.4 Å². The predicted octanol–water partition coefficient (Wildman–Crippen LogP) is 3.69. The Kier molecular flexibility index (Phi) is 3.86. The number of nitrogens with zero attached hydrogens (tertiary/aromatic N) is 2. The molecule has 2 aromatic carbocycles. The molecule has 0 bridgehead atoms. The summed E-state index contributed by atoms with van der Waals surface area (Å²) in [5.74, 6) is 0.260. The van der Waals surface area contributed by atoms with Gasteiger partial charge in [0.15, 0.2) is 5.78 Å². The van der Waals surface area contributed by atoms with Crippen LogP contribution in [0.1, 0.15) is 30.5 Å². The molecule has 1 atom stereocenters. The number of hydrogen-bond acceptors (Lipinski definition) is 4. The summed E-state index contributed by atoms with van der Waals surface area (Å²) in [6, 6.07) is 16.2. The van der Waals surface area contributed by atoms with Crippen LogP contribution in [-0.2, 0) is 4.79 Å². The number of para-hydroxylation sites is 2. The maximum absolute atomic E-state index is 12.2. The largest absolute Gasteiger partial charge is 0.506 e. The van der Waals surface area contributed by atoms with Crippen LogP contribution in [0.25, 0.3) is 0 Å². The fourth-order valence-corrected chi connectivity index (χ4v) is 2.78. The molecule has 4 heteroatoms. The van der Waals surface area contributed by atoms with Crippen LogP contribution in [0.4, 0.5) is 5.69 Å². The van der Waals surface area contributed by atoms with Crippen LogP contribution < -0.4 is 4.90 Å². The summed E-state index contributed by atoms with van der Waals surface area (Å²) in [6.45, 7) is 1.78. The number of anilines is 1. The average Bonchev–Trinajstić information content (AvgIpc) is 2.58. The van der Waals surface area contributed by atoms with Gasteiger partial charge in [-0.15, -0.1) is 0 Å². The number of rotatable bonds is 2. The second-order valence-corrected chi connectivity index (χ2v) is 5.59. The number of benzene rings is 2. The lowest BCUT2D eigenvalue weighted by molar-refractivity contribution is -0.116. The van der Waals surface area contributed by atoms with Gasteiger partial charge < -0.3 is 10.0 Å². The van der Waals surface area contributed by atoms with Crippen LogP contribution in [0, 0.1) is 11.3 Å². The molecular formula is C19H16N2O2. The molecule has 1 heterocycles. The highest BCUT2D eigenvalue weighted by molar-refractivity contribution is 5.97. The van der Waals surface area contributed by atoms with Crippen molar-refractivity contribution in [2.45, 2.75) is 19.4 Å². The van der Waals surface area contributed by atoms with Crippen molar-refractivity contribution in [3.8, 4) is 11.8 Å². The third-order valence-electron chi connectivity index (χ3n) is 4.07. The van der Waals surface area contributed by atoms with Gasteiger partial charge in [-0.05, 0) is 36.8 Å². The highest BCUT2D eigenvalue weighted by atomic mass is 16.3. The van der Waals surface area contributed by atoms with E-state index in [0.717, 1.165) is 5.56 Å². The molecule has 0 saturated carbocycles. The fraction of sp³-hybridized carbons (Fsp3) is 0.158. The molecule has 0 aromatic heterocycles. The molecule has 1 N–H and O–H groups in total.